The van der Waals surface area contributed by atoms with Gasteiger partial charge in [-0.15, -0.1) is 0 Å². The fourth-order valence-electron chi connectivity index (χ4n) is 1.13. The summed E-state index contributed by atoms with van der Waals surface area (Å²) in [4.78, 5) is 0. The van der Waals surface area contributed by atoms with Crippen molar-refractivity contribution in [2.24, 2.45) is 0 Å². The molecule has 0 fully saturated rings. The Hall–Kier alpha value is -0.420. The lowest BCUT2D eigenvalue weighted by Gasteiger charge is -2.20. The highest BCUT2D eigenvalue weighted by Gasteiger charge is 2.17. The van der Waals surface area contributed by atoms with Crippen LogP contribution in [0.15, 0.2) is 28.7 Å². The molecule has 0 spiro atoms. The molecule has 15 heavy (non-hydrogen) atoms. The second-order valence-electron chi connectivity index (χ2n) is 3.89. The SMILES string of the molecule is CC(O)(CO)CNCc1ccc(Br)cc1. The lowest BCUT2D eigenvalue weighted by atomic mass is 10.1. The Labute approximate surface area is 98.3 Å². The smallest absolute Gasteiger partial charge is 0.0972 e. The normalized spacial score (nSPS) is 14.9. The number of aliphatic hydroxyl groups is 2. The van der Waals surface area contributed by atoms with Crippen LogP contribution in [0, 0.1) is 0 Å². The van der Waals surface area contributed by atoms with E-state index >= 15 is 0 Å². The number of rotatable bonds is 5. The third kappa shape index (κ3) is 4.75. The molecule has 0 aromatic heterocycles. The molecule has 0 saturated heterocycles. The minimum atomic E-state index is -1.05. The predicted molar refractivity (Wildman–Crippen MR) is 63.6 cm³/mol. The topological polar surface area (TPSA) is 52.5 Å². The van der Waals surface area contributed by atoms with Gasteiger partial charge in [-0.1, -0.05) is 28.1 Å². The molecule has 84 valence electrons. The number of aliphatic hydroxyl groups excluding tert-OH is 1. The maximum Gasteiger partial charge on any atom is 0.0972 e. The van der Waals surface area contributed by atoms with Crippen molar-refractivity contribution in [3.8, 4) is 0 Å². The van der Waals surface area contributed by atoms with E-state index in [9.17, 15) is 5.11 Å². The Bertz CT molecular complexity index is 298. The van der Waals surface area contributed by atoms with Gasteiger partial charge >= 0.3 is 0 Å². The zero-order valence-corrected chi connectivity index (χ0v) is 10.3. The lowest BCUT2D eigenvalue weighted by Crippen LogP contribution is -2.40. The molecule has 0 bridgehead atoms. The van der Waals surface area contributed by atoms with Gasteiger partial charge in [0.2, 0.25) is 0 Å². The summed E-state index contributed by atoms with van der Waals surface area (Å²) in [6.45, 7) is 2.42. The van der Waals surface area contributed by atoms with Crippen LogP contribution < -0.4 is 5.32 Å². The van der Waals surface area contributed by atoms with Gasteiger partial charge in [-0.25, -0.2) is 0 Å². The van der Waals surface area contributed by atoms with E-state index in [0.717, 1.165) is 10.0 Å². The van der Waals surface area contributed by atoms with Gasteiger partial charge in [-0.05, 0) is 24.6 Å². The minimum absolute atomic E-state index is 0.236. The van der Waals surface area contributed by atoms with Crippen molar-refractivity contribution < 1.29 is 10.2 Å². The van der Waals surface area contributed by atoms with Crippen LogP contribution in [0.25, 0.3) is 0 Å². The molecule has 3 nitrogen and oxygen atoms in total. The molecular weight excluding hydrogens is 258 g/mol. The Morgan fingerprint density at radius 2 is 1.93 bits per heavy atom. The van der Waals surface area contributed by atoms with Gasteiger partial charge in [0.15, 0.2) is 0 Å². The third-order valence-corrected chi connectivity index (χ3v) is 2.62. The Balaban J connectivity index is 2.35. The zero-order valence-electron chi connectivity index (χ0n) is 8.70. The summed E-state index contributed by atoms with van der Waals surface area (Å²) in [5, 5.41) is 21.4. The number of hydrogen-bond acceptors (Lipinski definition) is 3. The number of nitrogens with one attached hydrogen (secondary N) is 1. The molecule has 0 aliphatic rings. The third-order valence-electron chi connectivity index (χ3n) is 2.09. The van der Waals surface area contributed by atoms with Gasteiger partial charge in [0.1, 0.15) is 0 Å². The van der Waals surface area contributed by atoms with Crippen molar-refractivity contribution in [1.29, 1.82) is 0 Å². The van der Waals surface area contributed by atoms with E-state index in [2.05, 4.69) is 21.2 Å². The molecule has 1 aromatic rings. The summed E-state index contributed by atoms with van der Waals surface area (Å²) in [6, 6.07) is 7.96. The zero-order chi connectivity index (χ0) is 11.3. The second-order valence-corrected chi connectivity index (χ2v) is 4.80. The average Bonchev–Trinajstić information content (AvgIpc) is 2.21. The molecule has 0 radical (unpaired) electrons. The van der Waals surface area contributed by atoms with E-state index in [0.29, 0.717) is 13.1 Å². The van der Waals surface area contributed by atoms with E-state index < -0.39 is 5.60 Å². The van der Waals surface area contributed by atoms with Crippen LogP contribution in [-0.4, -0.2) is 29.0 Å². The fraction of sp³-hybridized carbons (Fsp3) is 0.455. The molecule has 1 unspecified atom stereocenters. The van der Waals surface area contributed by atoms with Crippen LogP contribution in [0.5, 0.6) is 0 Å². The van der Waals surface area contributed by atoms with Gasteiger partial charge in [-0.2, -0.15) is 0 Å². The Kier molecular flexibility index (Phi) is 4.73. The number of halogens is 1. The second kappa shape index (κ2) is 5.61. The summed E-state index contributed by atoms with van der Waals surface area (Å²) < 4.78 is 1.05. The summed E-state index contributed by atoms with van der Waals surface area (Å²) >= 11 is 3.36. The first kappa shape index (κ1) is 12.6. The molecule has 0 aliphatic carbocycles. The quantitative estimate of drug-likeness (QED) is 0.758. The van der Waals surface area contributed by atoms with Crippen molar-refractivity contribution in [2.45, 2.75) is 19.1 Å². The average molecular weight is 274 g/mol. The predicted octanol–water partition coefficient (Wildman–Crippen LogP) is 1.28. The first-order valence-electron chi connectivity index (χ1n) is 4.82. The summed E-state index contributed by atoms with van der Waals surface area (Å²) in [6.07, 6.45) is 0. The fourth-order valence-corrected chi connectivity index (χ4v) is 1.40. The van der Waals surface area contributed by atoms with Crippen LogP contribution >= 0.6 is 15.9 Å². The molecular formula is C11H16BrNO2. The first-order chi connectivity index (χ1) is 7.03. The highest BCUT2D eigenvalue weighted by molar-refractivity contribution is 9.10. The van der Waals surface area contributed by atoms with Crippen LogP contribution in [0.4, 0.5) is 0 Å². The maximum atomic E-state index is 9.53. The molecule has 0 amide bonds. The number of benzene rings is 1. The molecule has 0 saturated carbocycles. The maximum absolute atomic E-state index is 9.53. The highest BCUT2D eigenvalue weighted by Crippen LogP contribution is 2.10. The summed E-state index contributed by atoms with van der Waals surface area (Å²) in [5.74, 6) is 0. The molecule has 0 heterocycles. The summed E-state index contributed by atoms with van der Waals surface area (Å²) in [5.41, 5.74) is 0.0990. The van der Waals surface area contributed by atoms with Crippen molar-refractivity contribution in [3.05, 3.63) is 34.3 Å². The number of hydrogen-bond donors (Lipinski definition) is 3. The molecule has 0 aliphatic heterocycles. The van der Waals surface area contributed by atoms with Gasteiger partial charge in [-0.3, -0.25) is 0 Å². The van der Waals surface area contributed by atoms with Gasteiger partial charge in [0, 0.05) is 17.6 Å². The van der Waals surface area contributed by atoms with Crippen molar-refractivity contribution in [1.82, 2.24) is 5.32 Å². The highest BCUT2D eigenvalue weighted by atomic mass is 79.9. The first-order valence-corrected chi connectivity index (χ1v) is 5.61. The van der Waals surface area contributed by atoms with E-state index in [-0.39, 0.29) is 6.61 Å². The van der Waals surface area contributed by atoms with Crippen LogP contribution in [0.2, 0.25) is 0 Å². The summed E-state index contributed by atoms with van der Waals surface area (Å²) in [7, 11) is 0. The van der Waals surface area contributed by atoms with Crippen LogP contribution in [0.1, 0.15) is 12.5 Å². The molecule has 4 heteroatoms. The minimum Gasteiger partial charge on any atom is -0.393 e. The molecule has 1 atom stereocenters. The van der Waals surface area contributed by atoms with Crippen molar-refractivity contribution >= 4 is 15.9 Å². The van der Waals surface area contributed by atoms with E-state index in [1.807, 2.05) is 24.3 Å². The van der Waals surface area contributed by atoms with E-state index in [1.54, 1.807) is 6.92 Å². The van der Waals surface area contributed by atoms with E-state index in [1.165, 1.54) is 0 Å². The van der Waals surface area contributed by atoms with Crippen LogP contribution in [0.3, 0.4) is 0 Å². The monoisotopic (exact) mass is 273 g/mol. The van der Waals surface area contributed by atoms with E-state index in [4.69, 9.17) is 5.11 Å². The Morgan fingerprint density at radius 1 is 1.33 bits per heavy atom. The van der Waals surface area contributed by atoms with Crippen molar-refractivity contribution in [2.75, 3.05) is 13.2 Å². The Morgan fingerprint density at radius 3 is 2.47 bits per heavy atom. The van der Waals surface area contributed by atoms with Gasteiger partial charge in [0.25, 0.3) is 0 Å². The van der Waals surface area contributed by atoms with Gasteiger partial charge < -0.3 is 15.5 Å². The van der Waals surface area contributed by atoms with Crippen molar-refractivity contribution in [3.63, 3.8) is 0 Å². The lowest BCUT2D eigenvalue weighted by molar-refractivity contribution is 0.00254. The van der Waals surface area contributed by atoms with Crippen LogP contribution in [-0.2, 0) is 6.54 Å². The largest absolute Gasteiger partial charge is 0.393 e. The standard InChI is InChI=1S/C11H16BrNO2/c1-11(15,8-14)7-13-6-9-2-4-10(12)5-3-9/h2-5,13-15H,6-8H2,1H3. The van der Waals surface area contributed by atoms with Gasteiger partial charge in [0.05, 0.1) is 12.2 Å². The molecule has 1 aromatic carbocycles. The molecule has 3 N–H and O–H groups in total. The molecule has 1 rings (SSSR count).